The van der Waals surface area contributed by atoms with Gasteiger partial charge in [0, 0.05) is 58.6 Å². The summed E-state index contributed by atoms with van der Waals surface area (Å²) < 4.78 is 10.8. The summed E-state index contributed by atoms with van der Waals surface area (Å²) in [5.74, 6) is 2.41. The van der Waals surface area contributed by atoms with Crippen molar-refractivity contribution in [1.82, 2.24) is 10.2 Å². The quantitative estimate of drug-likeness (QED) is 0.600. The molecule has 2 aromatic rings. The van der Waals surface area contributed by atoms with Crippen LogP contribution in [0.3, 0.4) is 0 Å². The molecule has 0 bridgehead atoms. The van der Waals surface area contributed by atoms with Gasteiger partial charge in [-0.25, -0.2) is 0 Å². The SMILES string of the molecule is CN=C(NCc1ccc(N(C)C)cc1)N(C)Cc1ccc(OC)cc1OC. The normalized spacial score (nSPS) is 11.1. The minimum atomic E-state index is 0.673. The zero-order valence-electron chi connectivity index (χ0n) is 17.1. The van der Waals surface area contributed by atoms with E-state index in [1.807, 2.05) is 39.3 Å². The van der Waals surface area contributed by atoms with E-state index in [9.17, 15) is 0 Å². The third kappa shape index (κ3) is 5.54. The van der Waals surface area contributed by atoms with Crippen LogP contribution in [0.25, 0.3) is 0 Å². The van der Waals surface area contributed by atoms with Crippen molar-refractivity contribution in [3.63, 3.8) is 0 Å². The number of hydrogen-bond donors (Lipinski definition) is 1. The fourth-order valence-electron chi connectivity index (χ4n) is 2.79. The van der Waals surface area contributed by atoms with Gasteiger partial charge in [0.2, 0.25) is 0 Å². The van der Waals surface area contributed by atoms with E-state index in [0.29, 0.717) is 13.1 Å². The van der Waals surface area contributed by atoms with Crippen LogP contribution in [0.1, 0.15) is 11.1 Å². The maximum atomic E-state index is 5.49. The molecule has 0 atom stereocenters. The van der Waals surface area contributed by atoms with Gasteiger partial charge in [0.05, 0.1) is 14.2 Å². The second-order valence-corrected chi connectivity index (χ2v) is 6.50. The fourth-order valence-corrected chi connectivity index (χ4v) is 2.79. The number of hydrogen-bond acceptors (Lipinski definition) is 4. The summed E-state index contributed by atoms with van der Waals surface area (Å²) in [6.45, 7) is 1.39. The van der Waals surface area contributed by atoms with Crippen LogP contribution in [0.15, 0.2) is 47.5 Å². The first-order valence-electron chi connectivity index (χ1n) is 8.87. The van der Waals surface area contributed by atoms with Gasteiger partial charge in [0.25, 0.3) is 0 Å². The van der Waals surface area contributed by atoms with E-state index in [-0.39, 0.29) is 0 Å². The first kappa shape index (κ1) is 20.4. The molecule has 27 heavy (non-hydrogen) atoms. The Morgan fingerprint density at radius 2 is 1.70 bits per heavy atom. The van der Waals surface area contributed by atoms with Gasteiger partial charge in [-0.2, -0.15) is 0 Å². The molecular weight excluding hydrogens is 340 g/mol. The largest absolute Gasteiger partial charge is 0.497 e. The number of aliphatic imine (C=N–C) groups is 1. The predicted octanol–water partition coefficient (Wildman–Crippen LogP) is 2.98. The number of anilines is 1. The molecule has 2 aromatic carbocycles. The van der Waals surface area contributed by atoms with Gasteiger partial charge in [-0.05, 0) is 29.8 Å². The van der Waals surface area contributed by atoms with Gasteiger partial charge in [0.1, 0.15) is 11.5 Å². The number of ether oxygens (including phenoxy) is 2. The molecule has 6 nitrogen and oxygen atoms in total. The molecule has 1 N–H and O–H groups in total. The molecule has 0 heterocycles. The van der Waals surface area contributed by atoms with Crippen molar-refractivity contribution >= 4 is 11.6 Å². The molecule has 0 aliphatic carbocycles. The molecule has 2 rings (SSSR count). The van der Waals surface area contributed by atoms with E-state index in [1.165, 1.54) is 11.3 Å². The second-order valence-electron chi connectivity index (χ2n) is 6.50. The van der Waals surface area contributed by atoms with Crippen LogP contribution in [0, 0.1) is 0 Å². The highest BCUT2D eigenvalue weighted by Crippen LogP contribution is 2.25. The molecule has 0 saturated heterocycles. The molecule has 0 saturated carbocycles. The summed E-state index contributed by atoms with van der Waals surface area (Å²) in [6.07, 6.45) is 0. The van der Waals surface area contributed by atoms with Gasteiger partial charge in [-0.3, -0.25) is 4.99 Å². The molecule has 0 aromatic heterocycles. The lowest BCUT2D eigenvalue weighted by atomic mass is 10.2. The number of guanidine groups is 1. The van der Waals surface area contributed by atoms with Crippen molar-refractivity contribution in [2.24, 2.45) is 4.99 Å². The Bertz CT molecular complexity index is 757. The van der Waals surface area contributed by atoms with Gasteiger partial charge in [-0.15, -0.1) is 0 Å². The molecule has 0 aliphatic rings. The topological polar surface area (TPSA) is 49.3 Å². The van der Waals surface area contributed by atoms with E-state index >= 15 is 0 Å². The average molecular weight is 370 g/mol. The number of nitrogens with zero attached hydrogens (tertiary/aromatic N) is 3. The van der Waals surface area contributed by atoms with Crippen LogP contribution in [-0.2, 0) is 13.1 Å². The molecule has 0 fully saturated rings. The van der Waals surface area contributed by atoms with E-state index in [4.69, 9.17) is 9.47 Å². The standard InChI is InChI=1S/C21H30N4O2/c1-22-21(23-14-16-7-10-18(11-8-16)24(2)3)25(4)15-17-9-12-19(26-5)13-20(17)27-6/h7-13H,14-15H2,1-6H3,(H,22,23). The number of methoxy groups -OCH3 is 2. The third-order valence-electron chi connectivity index (χ3n) is 4.38. The molecule has 0 radical (unpaired) electrons. The second kappa shape index (κ2) is 9.71. The Labute approximate surface area is 162 Å². The summed E-state index contributed by atoms with van der Waals surface area (Å²) in [5.41, 5.74) is 3.46. The lowest BCUT2D eigenvalue weighted by molar-refractivity contribution is 0.382. The van der Waals surface area contributed by atoms with Crippen LogP contribution < -0.4 is 19.7 Å². The molecule has 0 unspecified atom stereocenters. The zero-order chi connectivity index (χ0) is 19.8. The maximum Gasteiger partial charge on any atom is 0.193 e. The van der Waals surface area contributed by atoms with Crippen LogP contribution in [0.2, 0.25) is 0 Å². The summed E-state index contributed by atoms with van der Waals surface area (Å²) >= 11 is 0. The van der Waals surface area contributed by atoms with E-state index < -0.39 is 0 Å². The highest BCUT2D eigenvalue weighted by atomic mass is 16.5. The molecule has 0 aliphatic heterocycles. The van der Waals surface area contributed by atoms with Crippen molar-refractivity contribution in [1.29, 1.82) is 0 Å². The zero-order valence-corrected chi connectivity index (χ0v) is 17.1. The Hall–Kier alpha value is -2.89. The van der Waals surface area contributed by atoms with Gasteiger partial charge < -0.3 is 24.6 Å². The third-order valence-corrected chi connectivity index (χ3v) is 4.38. The maximum absolute atomic E-state index is 5.49. The molecule has 0 spiro atoms. The van der Waals surface area contributed by atoms with Crippen molar-refractivity contribution < 1.29 is 9.47 Å². The first-order valence-corrected chi connectivity index (χ1v) is 8.87. The summed E-state index contributed by atoms with van der Waals surface area (Å²) in [7, 11) is 11.2. The fraction of sp³-hybridized carbons (Fsp3) is 0.381. The smallest absolute Gasteiger partial charge is 0.193 e. The predicted molar refractivity (Wildman–Crippen MR) is 112 cm³/mol. The van der Waals surface area contributed by atoms with E-state index in [1.54, 1.807) is 21.3 Å². The molecule has 6 heteroatoms. The Morgan fingerprint density at radius 3 is 2.26 bits per heavy atom. The number of benzene rings is 2. The Balaban J connectivity index is 2.00. The van der Waals surface area contributed by atoms with Gasteiger partial charge in [-0.1, -0.05) is 12.1 Å². The monoisotopic (exact) mass is 370 g/mol. The highest BCUT2D eigenvalue weighted by Gasteiger charge is 2.11. The lowest BCUT2D eigenvalue weighted by Crippen LogP contribution is -2.38. The van der Waals surface area contributed by atoms with Crippen molar-refractivity contribution in [2.75, 3.05) is 47.3 Å². The summed E-state index contributed by atoms with van der Waals surface area (Å²) in [6, 6.07) is 14.3. The van der Waals surface area contributed by atoms with Crippen LogP contribution in [-0.4, -0.2) is 53.3 Å². The van der Waals surface area contributed by atoms with Gasteiger partial charge in [0.15, 0.2) is 5.96 Å². The summed E-state index contributed by atoms with van der Waals surface area (Å²) in [5, 5.41) is 3.41. The van der Waals surface area contributed by atoms with Crippen LogP contribution in [0.4, 0.5) is 5.69 Å². The minimum Gasteiger partial charge on any atom is -0.497 e. The molecular formula is C21H30N4O2. The Kier molecular flexibility index (Phi) is 7.34. The first-order chi connectivity index (χ1) is 13.0. The molecule has 0 amide bonds. The van der Waals surface area contributed by atoms with Gasteiger partial charge >= 0.3 is 0 Å². The van der Waals surface area contributed by atoms with Crippen molar-refractivity contribution in [3.8, 4) is 11.5 Å². The molecule has 146 valence electrons. The summed E-state index contributed by atoms with van der Waals surface area (Å²) in [4.78, 5) is 8.55. The van der Waals surface area contributed by atoms with Crippen molar-refractivity contribution in [3.05, 3.63) is 53.6 Å². The van der Waals surface area contributed by atoms with E-state index in [0.717, 1.165) is 23.0 Å². The Morgan fingerprint density at radius 1 is 1.00 bits per heavy atom. The lowest BCUT2D eigenvalue weighted by Gasteiger charge is -2.23. The van der Waals surface area contributed by atoms with Crippen LogP contribution in [0.5, 0.6) is 11.5 Å². The average Bonchev–Trinajstić information content (AvgIpc) is 2.69. The van der Waals surface area contributed by atoms with Crippen LogP contribution >= 0.6 is 0 Å². The minimum absolute atomic E-state index is 0.673. The number of nitrogens with one attached hydrogen (secondary N) is 1. The highest BCUT2D eigenvalue weighted by molar-refractivity contribution is 5.79. The number of rotatable bonds is 7. The van der Waals surface area contributed by atoms with Crippen molar-refractivity contribution in [2.45, 2.75) is 13.1 Å². The van der Waals surface area contributed by atoms with E-state index in [2.05, 4.69) is 44.4 Å².